The Morgan fingerprint density at radius 2 is 1.46 bits per heavy atom. The molecule has 3 aromatic carbocycles. The Hall–Kier alpha value is -3.27. The van der Waals surface area contributed by atoms with Crippen LogP contribution in [0, 0.1) is 0 Å². The van der Waals surface area contributed by atoms with Crippen LogP contribution in [0.1, 0.15) is 30.9 Å². The first kappa shape index (κ1) is 19.5. The first-order chi connectivity index (χ1) is 13.6. The van der Waals surface area contributed by atoms with E-state index in [1.807, 2.05) is 78.9 Å². The zero-order chi connectivity index (χ0) is 19.8. The number of hydrogen-bond donors (Lipinski definition) is 1. The molecule has 0 aromatic heterocycles. The van der Waals surface area contributed by atoms with Gasteiger partial charge in [0.1, 0.15) is 18.1 Å². The molecule has 4 heteroatoms. The lowest BCUT2D eigenvalue weighted by Gasteiger charge is -2.15. The van der Waals surface area contributed by atoms with Crippen molar-refractivity contribution in [3.63, 3.8) is 0 Å². The van der Waals surface area contributed by atoms with Crippen LogP contribution < -0.4 is 14.8 Å². The van der Waals surface area contributed by atoms with Gasteiger partial charge in [-0.2, -0.15) is 0 Å². The van der Waals surface area contributed by atoms with Crippen molar-refractivity contribution >= 4 is 11.6 Å². The Balaban J connectivity index is 1.60. The molecular formula is C24H25NO3. The van der Waals surface area contributed by atoms with E-state index in [9.17, 15) is 4.79 Å². The highest BCUT2D eigenvalue weighted by molar-refractivity contribution is 5.93. The summed E-state index contributed by atoms with van der Waals surface area (Å²) in [7, 11) is 0. The standard InChI is InChI=1S/C24H25NO3/c1-18(2)20-12-6-8-14-22(20)28-17-24(26)25-21-13-7-9-15-23(21)27-16-19-10-4-3-5-11-19/h3-15,18H,16-17H2,1-2H3,(H,25,26). The SMILES string of the molecule is CC(C)c1ccccc1OCC(=O)Nc1ccccc1OCc1ccccc1. The zero-order valence-electron chi connectivity index (χ0n) is 16.2. The molecule has 0 aliphatic rings. The average Bonchev–Trinajstić information content (AvgIpc) is 2.72. The van der Waals surface area contributed by atoms with E-state index >= 15 is 0 Å². The molecule has 0 bridgehead atoms. The molecule has 0 spiro atoms. The second kappa shape index (κ2) is 9.60. The van der Waals surface area contributed by atoms with Gasteiger partial charge in [-0.05, 0) is 35.2 Å². The summed E-state index contributed by atoms with van der Waals surface area (Å²) in [6, 6.07) is 25.1. The van der Waals surface area contributed by atoms with E-state index < -0.39 is 0 Å². The van der Waals surface area contributed by atoms with Crippen molar-refractivity contribution in [2.75, 3.05) is 11.9 Å². The summed E-state index contributed by atoms with van der Waals surface area (Å²) in [5, 5.41) is 2.88. The van der Waals surface area contributed by atoms with Crippen molar-refractivity contribution in [3.8, 4) is 11.5 Å². The molecule has 0 saturated heterocycles. The molecule has 144 valence electrons. The Morgan fingerprint density at radius 3 is 2.21 bits per heavy atom. The number of para-hydroxylation sites is 3. The van der Waals surface area contributed by atoms with Crippen LogP contribution in [0.5, 0.6) is 11.5 Å². The quantitative estimate of drug-likeness (QED) is 0.573. The lowest BCUT2D eigenvalue weighted by atomic mass is 10.0. The fourth-order valence-corrected chi connectivity index (χ4v) is 2.85. The van der Waals surface area contributed by atoms with Crippen molar-refractivity contribution in [2.45, 2.75) is 26.4 Å². The van der Waals surface area contributed by atoms with Gasteiger partial charge in [-0.3, -0.25) is 4.79 Å². The average molecular weight is 375 g/mol. The largest absolute Gasteiger partial charge is 0.487 e. The minimum Gasteiger partial charge on any atom is -0.487 e. The van der Waals surface area contributed by atoms with E-state index in [0.29, 0.717) is 24.0 Å². The van der Waals surface area contributed by atoms with Crippen LogP contribution in [-0.2, 0) is 11.4 Å². The van der Waals surface area contributed by atoms with Gasteiger partial charge in [-0.1, -0.05) is 74.5 Å². The molecule has 0 radical (unpaired) electrons. The summed E-state index contributed by atoms with van der Waals surface area (Å²) in [6.07, 6.45) is 0. The third kappa shape index (κ3) is 5.36. The molecule has 1 amide bonds. The molecule has 28 heavy (non-hydrogen) atoms. The van der Waals surface area contributed by atoms with Gasteiger partial charge in [0.15, 0.2) is 6.61 Å². The van der Waals surface area contributed by atoms with Gasteiger partial charge in [0.2, 0.25) is 0 Å². The van der Waals surface area contributed by atoms with Crippen molar-refractivity contribution in [3.05, 3.63) is 90.0 Å². The highest BCUT2D eigenvalue weighted by atomic mass is 16.5. The number of benzene rings is 3. The van der Waals surface area contributed by atoms with Gasteiger partial charge in [0, 0.05) is 0 Å². The summed E-state index contributed by atoms with van der Waals surface area (Å²) in [4.78, 5) is 12.4. The van der Waals surface area contributed by atoms with E-state index in [-0.39, 0.29) is 12.5 Å². The number of carbonyl (C=O) groups is 1. The first-order valence-electron chi connectivity index (χ1n) is 9.41. The van der Waals surface area contributed by atoms with E-state index in [4.69, 9.17) is 9.47 Å². The van der Waals surface area contributed by atoms with Crippen LogP contribution in [0.4, 0.5) is 5.69 Å². The Bertz CT molecular complexity index is 906. The van der Waals surface area contributed by atoms with Gasteiger partial charge >= 0.3 is 0 Å². The monoisotopic (exact) mass is 375 g/mol. The van der Waals surface area contributed by atoms with Gasteiger partial charge in [0.25, 0.3) is 5.91 Å². The highest BCUT2D eigenvalue weighted by Gasteiger charge is 2.11. The summed E-state index contributed by atoms with van der Waals surface area (Å²) >= 11 is 0. The van der Waals surface area contributed by atoms with E-state index in [2.05, 4.69) is 19.2 Å². The molecule has 0 heterocycles. The Labute approximate surface area is 166 Å². The number of ether oxygens (including phenoxy) is 2. The Morgan fingerprint density at radius 1 is 0.821 bits per heavy atom. The number of nitrogens with one attached hydrogen (secondary N) is 1. The normalized spacial score (nSPS) is 10.5. The lowest BCUT2D eigenvalue weighted by molar-refractivity contribution is -0.118. The van der Waals surface area contributed by atoms with Crippen LogP contribution in [0.2, 0.25) is 0 Å². The number of amides is 1. The van der Waals surface area contributed by atoms with Crippen molar-refractivity contribution < 1.29 is 14.3 Å². The number of rotatable bonds is 8. The fraction of sp³-hybridized carbons (Fsp3) is 0.208. The second-order valence-electron chi connectivity index (χ2n) is 6.80. The molecule has 4 nitrogen and oxygen atoms in total. The van der Waals surface area contributed by atoms with Crippen LogP contribution in [0.3, 0.4) is 0 Å². The number of carbonyl (C=O) groups excluding carboxylic acids is 1. The predicted octanol–water partition coefficient (Wildman–Crippen LogP) is 5.41. The first-order valence-corrected chi connectivity index (χ1v) is 9.41. The maximum absolute atomic E-state index is 12.4. The van der Waals surface area contributed by atoms with Crippen molar-refractivity contribution in [2.24, 2.45) is 0 Å². The molecule has 0 aliphatic carbocycles. The summed E-state index contributed by atoms with van der Waals surface area (Å²) in [5.74, 6) is 1.46. The van der Waals surface area contributed by atoms with Gasteiger partial charge in [-0.15, -0.1) is 0 Å². The summed E-state index contributed by atoms with van der Waals surface area (Å²) in [6.45, 7) is 4.58. The minimum absolute atomic E-state index is 0.0588. The maximum Gasteiger partial charge on any atom is 0.262 e. The molecule has 3 rings (SSSR count). The molecule has 0 unspecified atom stereocenters. The number of anilines is 1. The lowest BCUT2D eigenvalue weighted by Crippen LogP contribution is -2.21. The van der Waals surface area contributed by atoms with Crippen LogP contribution in [-0.4, -0.2) is 12.5 Å². The molecule has 0 atom stereocenters. The van der Waals surface area contributed by atoms with E-state index in [1.54, 1.807) is 0 Å². The van der Waals surface area contributed by atoms with Gasteiger partial charge < -0.3 is 14.8 Å². The van der Waals surface area contributed by atoms with Gasteiger partial charge in [-0.25, -0.2) is 0 Å². The molecule has 0 fully saturated rings. The molecule has 0 aliphatic heterocycles. The van der Waals surface area contributed by atoms with Crippen LogP contribution in [0.15, 0.2) is 78.9 Å². The highest BCUT2D eigenvalue weighted by Crippen LogP contribution is 2.27. The van der Waals surface area contributed by atoms with Crippen molar-refractivity contribution in [1.29, 1.82) is 0 Å². The Kier molecular flexibility index (Phi) is 6.68. The smallest absolute Gasteiger partial charge is 0.262 e. The third-order valence-electron chi connectivity index (χ3n) is 4.30. The predicted molar refractivity (Wildman–Crippen MR) is 112 cm³/mol. The molecular weight excluding hydrogens is 350 g/mol. The third-order valence-corrected chi connectivity index (χ3v) is 4.30. The topological polar surface area (TPSA) is 47.6 Å². The van der Waals surface area contributed by atoms with Gasteiger partial charge in [0.05, 0.1) is 5.69 Å². The summed E-state index contributed by atoms with van der Waals surface area (Å²) < 4.78 is 11.6. The van der Waals surface area contributed by atoms with Crippen LogP contribution in [0.25, 0.3) is 0 Å². The second-order valence-corrected chi connectivity index (χ2v) is 6.80. The molecule has 0 saturated carbocycles. The zero-order valence-corrected chi connectivity index (χ0v) is 16.2. The van der Waals surface area contributed by atoms with E-state index in [1.165, 1.54) is 0 Å². The van der Waals surface area contributed by atoms with Crippen molar-refractivity contribution in [1.82, 2.24) is 0 Å². The van der Waals surface area contributed by atoms with E-state index in [0.717, 1.165) is 16.9 Å². The van der Waals surface area contributed by atoms with Crippen LogP contribution >= 0.6 is 0 Å². The molecule has 3 aromatic rings. The summed E-state index contributed by atoms with van der Waals surface area (Å²) in [5.41, 5.74) is 2.78. The number of hydrogen-bond acceptors (Lipinski definition) is 3. The fourth-order valence-electron chi connectivity index (χ4n) is 2.85. The minimum atomic E-state index is -0.227. The molecule has 1 N–H and O–H groups in total. The maximum atomic E-state index is 12.4.